The van der Waals surface area contributed by atoms with Crippen LogP contribution in [0.25, 0.3) is 0 Å². The van der Waals surface area contributed by atoms with Crippen LogP contribution in [0, 0.1) is 0 Å². The zero-order valence-corrected chi connectivity index (χ0v) is 16.9. The molecule has 1 N–H and O–H groups in total. The van der Waals surface area contributed by atoms with E-state index >= 15 is 0 Å². The third-order valence-electron chi connectivity index (χ3n) is 4.99. The second-order valence-electron chi connectivity index (χ2n) is 6.84. The molecule has 2 amide bonds. The van der Waals surface area contributed by atoms with E-state index in [1.807, 2.05) is 18.2 Å². The van der Waals surface area contributed by atoms with E-state index in [0.29, 0.717) is 41.5 Å². The fourth-order valence-electron chi connectivity index (χ4n) is 3.52. The summed E-state index contributed by atoms with van der Waals surface area (Å²) in [6.45, 7) is 1.16. The summed E-state index contributed by atoms with van der Waals surface area (Å²) >= 11 is 0. The Morgan fingerprint density at radius 3 is 2.21 bits per heavy atom. The molecule has 7 heteroatoms. The average molecular weight is 398 g/mol. The second-order valence-corrected chi connectivity index (χ2v) is 6.84. The smallest absolute Gasteiger partial charge is 0.253 e. The van der Waals surface area contributed by atoms with Crippen molar-refractivity contribution in [1.29, 1.82) is 0 Å². The lowest BCUT2D eigenvalue weighted by Crippen LogP contribution is -2.49. The van der Waals surface area contributed by atoms with Crippen LogP contribution in [-0.4, -0.2) is 57.2 Å². The molecule has 1 aliphatic rings. The lowest BCUT2D eigenvalue weighted by Gasteiger charge is -2.33. The van der Waals surface area contributed by atoms with Gasteiger partial charge in [-0.15, -0.1) is 0 Å². The lowest BCUT2D eigenvalue weighted by molar-refractivity contribution is 0.0676. The Morgan fingerprint density at radius 2 is 1.62 bits per heavy atom. The molecule has 0 saturated carbocycles. The van der Waals surface area contributed by atoms with Gasteiger partial charge in [-0.25, -0.2) is 0 Å². The number of nitrogens with one attached hydrogen (secondary N) is 1. The number of benzene rings is 2. The highest BCUT2D eigenvalue weighted by Gasteiger charge is 2.26. The van der Waals surface area contributed by atoms with Gasteiger partial charge >= 0.3 is 0 Å². The Balaban J connectivity index is 1.71. The second kappa shape index (κ2) is 9.32. The average Bonchev–Trinajstić information content (AvgIpc) is 2.78. The highest BCUT2D eigenvalue weighted by atomic mass is 16.5. The monoisotopic (exact) mass is 398 g/mol. The molecule has 1 unspecified atom stereocenters. The molecule has 0 spiro atoms. The minimum absolute atomic E-state index is 0.0164. The van der Waals surface area contributed by atoms with Crippen molar-refractivity contribution in [2.75, 3.05) is 34.4 Å². The topological polar surface area (TPSA) is 77.1 Å². The lowest BCUT2D eigenvalue weighted by atomic mass is 10.0. The van der Waals surface area contributed by atoms with Crippen LogP contribution in [0.2, 0.25) is 0 Å². The molecular weight excluding hydrogens is 372 g/mol. The summed E-state index contributed by atoms with van der Waals surface area (Å²) in [4.78, 5) is 27.3. The van der Waals surface area contributed by atoms with Gasteiger partial charge in [0.15, 0.2) is 11.5 Å². The number of methoxy groups -OCH3 is 3. The Morgan fingerprint density at radius 1 is 0.966 bits per heavy atom. The highest BCUT2D eigenvalue weighted by Crippen LogP contribution is 2.38. The van der Waals surface area contributed by atoms with E-state index in [4.69, 9.17) is 14.2 Å². The first-order chi connectivity index (χ1) is 14.1. The summed E-state index contributed by atoms with van der Waals surface area (Å²) in [5.41, 5.74) is 1.06. The number of amides is 2. The van der Waals surface area contributed by atoms with Crippen molar-refractivity contribution in [3.8, 4) is 17.2 Å². The molecule has 0 radical (unpaired) electrons. The van der Waals surface area contributed by atoms with Crippen molar-refractivity contribution >= 4 is 11.8 Å². The van der Waals surface area contributed by atoms with Crippen molar-refractivity contribution in [3.63, 3.8) is 0 Å². The molecule has 0 aromatic heterocycles. The van der Waals surface area contributed by atoms with Gasteiger partial charge in [0.1, 0.15) is 0 Å². The summed E-state index contributed by atoms with van der Waals surface area (Å²) in [6, 6.07) is 12.3. The minimum atomic E-state index is -0.247. The molecule has 29 heavy (non-hydrogen) atoms. The number of rotatable bonds is 6. The van der Waals surface area contributed by atoms with E-state index in [1.165, 1.54) is 21.3 Å². The minimum Gasteiger partial charge on any atom is -0.493 e. The Bertz CT molecular complexity index is 844. The van der Waals surface area contributed by atoms with E-state index < -0.39 is 0 Å². The van der Waals surface area contributed by atoms with Gasteiger partial charge in [0.2, 0.25) is 5.75 Å². The first-order valence-electron chi connectivity index (χ1n) is 9.52. The normalized spacial score (nSPS) is 16.1. The summed E-state index contributed by atoms with van der Waals surface area (Å²) in [6.07, 6.45) is 1.65. The number of carbonyl (C=O) groups excluding carboxylic acids is 2. The van der Waals surface area contributed by atoms with Crippen molar-refractivity contribution in [3.05, 3.63) is 53.6 Å². The number of nitrogens with zero attached hydrogens (tertiary/aromatic N) is 1. The van der Waals surface area contributed by atoms with E-state index in [-0.39, 0.29) is 17.9 Å². The summed E-state index contributed by atoms with van der Waals surface area (Å²) in [7, 11) is 4.53. The first kappa shape index (κ1) is 20.5. The van der Waals surface area contributed by atoms with Crippen LogP contribution < -0.4 is 19.5 Å². The van der Waals surface area contributed by atoms with Gasteiger partial charge in [-0.3, -0.25) is 9.59 Å². The van der Waals surface area contributed by atoms with Crippen LogP contribution in [0.1, 0.15) is 33.6 Å². The fourth-order valence-corrected chi connectivity index (χ4v) is 3.52. The number of carbonyl (C=O) groups is 2. The van der Waals surface area contributed by atoms with E-state index in [2.05, 4.69) is 5.32 Å². The van der Waals surface area contributed by atoms with Gasteiger partial charge in [0, 0.05) is 30.3 Å². The predicted molar refractivity (Wildman–Crippen MR) is 109 cm³/mol. The number of hydrogen-bond donors (Lipinski definition) is 1. The molecule has 0 aliphatic carbocycles. The first-order valence-corrected chi connectivity index (χ1v) is 9.52. The Labute approximate surface area is 170 Å². The van der Waals surface area contributed by atoms with Crippen LogP contribution in [0.3, 0.4) is 0 Å². The number of ether oxygens (including phenoxy) is 3. The highest BCUT2D eigenvalue weighted by molar-refractivity contribution is 5.96. The largest absolute Gasteiger partial charge is 0.493 e. The van der Waals surface area contributed by atoms with Crippen LogP contribution in [0.15, 0.2) is 42.5 Å². The zero-order chi connectivity index (χ0) is 20.8. The van der Waals surface area contributed by atoms with E-state index in [9.17, 15) is 9.59 Å². The van der Waals surface area contributed by atoms with Gasteiger partial charge in [0.05, 0.1) is 21.3 Å². The van der Waals surface area contributed by atoms with Crippen molar-refractivity contribution in [2.45, 2.75) is 18.9 Å². The molecule has 2 aromatic carbocycles. The maximum Gasteiger partial charge on any atom is 0.253 e. The standard InChI is InChI=1S/C22H26N2O5/c1-27-18-12-16(13-19(28-2)20(18)29-3)21(25)23-17-10-7-11-24(14-17)22(26)15-8-5-4-6-9-15/h4-6,8-9,12-13,17H,7,10-11,14H2,1-3H3,(H,23,25). The van der Waals surface area contributed by atoms with E-state index in [0.717, 1.165) is 12.8 Å². The van der Waals surface area contributed by atoms with Crippen LogP contribution >= 0.6 is 0 Å². The van der Waals surface area contributed by atoms with Crippen molar-refractivity contribution in [1.82, 2.24) is 10.2 Å². The molecule has 1 atom stereocenters. The third kappa shape index (κ3) is 4.62. The van der Waals surface area contributed by atoms with Gasteiger partial charge in [-0.2, -0.15) is 0 Å². The van der Waals surface area contributed by atoms with Gasteiger partial charge in [-0.05, 0) is 37.1 Å². The molecule has 154 valence electrons. The molecule has 1 heterocycles. The number of likely N-dealkylation sites (tertiary alicyclic amines) is 1. The molecule has 1 fully saturated rings. The molecular formula is C22H26N2O5. The van der Waals surface area contributed by atoms with Gasteiger partial charge in [0.25, 0.3) is 11.8 Å². The molecule has 7 nitrogen and oxygen atoms in total. The van der Waals surface area contributed by atoms with Crippen LogP contribution in [0.5, 0.6) is 17.2 Å². The quantitative estimate of drug-likeness (QED) is 0.810. The summed E-state index contributed by atoms with van der Waals surface area (Å²) < 4.78 is 15.9. The molecule has 1 saturated heterocycles. The Kier molecular flexibility index (Phi) is 6.59. The zero-order valence-electron chi connectivity index (χ0n) is 16.9. The molecule has 2 aromatic rings. The maximum absolute atomic E-state index is 12.8. The maximum atomic E-state index is 12.8. The Hall–Kier alpha value is -3.22. The number of piperidine rings is 1. The van der Waals surface area contributed by atoms with Gasteiger partial charge in [-0.1, -0.05) is 18.2 Å². The van der Waals surface area contributed by atoms with Crippen LogP contribution in [-0.2, 0) is 0 Å². The SMILES string of the molecule is COc1cc(C(=O)NC2CCCN(C(=O)c3ccccc3)C2)cc(OC)c1OC. The summed E-state index contributed by atoms with van der Waals surface area (Å²) in [5.74, 6) is 1.01. The third-order valence-corrected chi connectivity index (χ3v) is 4.99. The van der Waals surface area contributed by atoms with Crippen molar-refractivity contribution < 1.29 is 23.8 Å². The molecule has 3 rings (SSSR count). The van der Waals surface area contributed by atoms with Crippen LogP contribution in [0.4, 0.5) is 0 Å². The molecule has 1 aliphatic heterocycles. The number of hydrogen-bond acceptors (Lipinski definition) is 5. The predicted octanol–water partition coefficient (Wildman–Crippen LogP) is 2.75. The van der Waals surface area contributed by atoms with Crippen molar-refractivity contribution in [2.24, 2.45) is 0 Å². The summed E-state index contributed by atoms with van der Waals surface area (Å²) in [5, 5.41) is 3.03. The van der Waals surface area contributed by atoms with Gasteiger partial charge < -0.3 is 24.4 Å². The fraction of sp³-hybridized carbons (Fsp3) is 0.364. The molecule has 0 bridgehead atoms. The van der Waals surface area contributed by atoms with E-state index in [1.54, 1.807) is 29.2 Å².